The molecular formula is C19H21F2NO3. The molecule has 0 aliphatic carbocycles. The molecule has 25 heavy (non-hydrogen) atoms. The van der Waals surface area contributed by atoms with E-state index in [1.165, 1.54) is 6.07 Å². The highest BCUT2D eigenvalue weighted by molar-refractivity contribution is 5.83. The molecule has 2 rings (SSSR count). The third kappa shape index (κ3) is 4.54. The minimum atomic E-state index is -1.15. The average molecular weight is 349 g/mol. The number of carbonyl (C=O) groups is 1. The Morgan fingerprint density at radius 2 is 1.64 bits per heavy atom. The summed E-state index contributed by atoms with van der Waals surface area (Å²) in [5, 5.41) is 13.0. The minimum absolute atomic E-state index is 0.198. The van der Waals surface area contributed by atoms with Crippen molar-refractivity contribution in [1.29, 1.82) is 0 Å². The molecule has 2 aromatic rings. The number of aliphatic hydroxyl groups excluding tert-OH is 1. The van der Waals surface area contributed by atoms with Gasteiger partial charge in [-0.05, 0) is 49.2 Å². The lowest BCUT2D eigenvalue weighted by Crippen LogP contribution is -2.39. The Kier molecular flexibility index (Phi) is 6.09. The fraction of sp³-hybridized carbons (Fsp3) is 0.316. The van der Waals surface area contributed by atoms with E-state index in [-0.39, 0.29) is 11.5 Å². The number of ether oxygens (including phenoxy) is 1. The summed E-state index contributed by atoms with van der Waals surface area (Å²) in [7, 11) is 1.56. The van der Waals surface area contributed by atoms with Crippen LogP contribution in [0.5, 0.6) is 5.75 Å². The second kappa shape index (κ2) is 8.07. The Balaban J connectivity index is 2.03. The number of amides is 1. The first kappa shape index (κ1) is 18.9. The second-order valence-electron chi connectivity index (χ2n) is 5.91. The van der Waals surface area contributed by atoms with Gasteiger partial charge in [-0.25, -0.2) is 8.78 Å². The molecule has 3 atom stereocenters. The van der Waals surface area contributed by atoms with Crippen molar-refractivity contribution in [2.24, 2.45) is 0 Å². The third-order valence-electron chi connectivity index (χ3n) is 4.14. The van der Waals surface area contributed by atoms with Gasteiger partial charge < -0.3 is 15.2 Å². The van der Waals surface area contributed by atoms with Crippen LogP contribution >= 0.6 is 0 Å². The molecule has 1 amide bonds. The fourth-order valence-electron chi connectivity index (χ4n) is 2.46. The van der Waals surface area contributed by atoms with E-state index in [9.17, 15) is 18.7 Å². The molecule has 3 unspecified atom stereocenters. The van der Waals surface area contributed by atoms with E-state index >= 15 is 0 Å². The van der Waals surface area contributed by atoms with Crippen LogP contribution in [0, 0.1) is 11.6 Å². The maximum atomic E-state index is 13.3. The molecule has 0 aromatic heterocycles. The zero-order valence-corrected chi connectivity index (χ0v) is 14.3. The van der Waals surface area contributed by atoms with Crippen molar-refractivity contribution in [3.63, 3.8) is 0 Å². The van der Waals surface area contributed by atoms with E-state index in [1.807, 2.05) is 0 Å². The first-order chi connectivity index (χ1) is 11.8. The molecular weight excluding hydrogens is 328 g/mol. The predicted octanol–water partition coefficient (Wildman–Crippen LogP) is 3.32. The van der Waals surface area contributed by atoms with Gasteiger partial charge in [-0.1, -0.05) is 18.2 Å². The molecule has 0 fully saturated rings. The van der Waals surface area contributed by atoms with Crippen LogP contribution in [0.1, 0.15) is 37.0 Å². The number of carbonyl (C=O) groups excluding carboxylic acids is 1. The van der Waals surface area contributed by atoms with Gasteiger partial charge >= 0.3 is 0 Å². The van der Waals surface area contributed by atoms with Crippen molar-refractivity contribution in [2.75, 3.05) is 7.11 Å². The lowest BCUT2D eigenvalue weighted by molar-refractivity contribution is -0.123. The van der Waals surface area contributed by atoms with Crippen molar-refractivity contribution in [1.82, 2.24) is 5.32 Å². The van der Waals surface area contributed by atoms with Gasteiger partial charge in [0.05, 0.1) is 25.2 Å². The van der Waals surface area contributed by atoms with Gasteiger partial charge in [0.25, 0.3) is 0 Å². The van der Waals surface area contributed by atoms with Crippen LogP contribution in [-0.2, 0) is 4.79 Å². The molecule has 6 heteroatoms. The second-order valence-corrected chi connectivity index (χ2v) is 5.91. The van der Waals surface area contributed by atoms with Crippen LogP contribution < -0.4 is 10.1 Å². The van der Waals surface area contributed by atoms with Gasteiger partial charge in [-0.2, -0.15) is 0 Å². The Labute approximate surface area is 145 Å². The van der Waals surface area contributed by atoms with Crippen LogP contribution in [0.15, 0.2) is 42.5 Å². The maximum Gasteiger partial charge on any atom is 0.227 e. The lowest BCUT2D eigenvalue weighted by Gasteiger charge is -2.23. The summed E-state index contributed by atoms with van der Waals surface area (Å²) in [4.78, 5) is 12.4. The topological polar surface area (TPSA) is 58.6 Å². The Hall–Kier alpha value is -2.47. The van der Waals surface area contributed by atoms with Crippen molar-refractivity contribution < 1.29 is 23.4 Å². The number of benzene rings is 2. The Morgan fingerprint density at radius 3 is 2.20 bits per heavy atom. The molecule has 2 N–H and O–H groups in total. The van der Waals surface area contributed by atoms with Gasteiger partial charge in [-0.15, -0.1) is 0 Å². The monoisotopic (exact) mass is 349 g/mol. The molecule has 0 aliphatic heterocycles. The highest BCUT2D eigenvalue weighted by Crippen LogP contribution is 2.22. The van der Waals surface area contributed by atoms with E-state index in [2.05, 4.69) is 5.32 Å². The number of nitrogens with one attached hydrogen (secondary N) is 1. The van der Waals surface area contributed by atoms with Crippen LogP contribution in [0.2, 0.25) is 0 Å². The normalized spacial score (nSPS) is 14.5. The molecule has 2 aromatic carbocycles. The number of aliphatic hydroxyl groups is 1. The van der Waals surface area contributed by atoms with Gasteiger partial charge in [0.2, 0.25) is 5.91 Å². The van der Waals surface area contributed by atoms with E-state index < -0.39 is 29.7 Å². The summed E-state index contributed by atoms with van der Waals surface area (Å²) < 4.78 is 31.4. The van der Waals surface area contributed by atoms with Crippen molar-refractivity contribution in [2.45, 2.75) is 31.9 Å². The summed E-state index contributed by atoms with van der Waals surface area (Å²) in [6.07, 6.45) is -1.15. The highest BCUT2D eigenvalue weighted by Gasteiger charge is 2.23. The van der Waals surface area contributed by atoms with Crippen LogP contribution in [0.25, 0.3) is 0 Å². The molecule has 0 heterocycles. The molecule has 0 saturated carbocycles. The fourth-order valence-corrected chi connectivity index (χ4v) is 2.46. The first-order valence-electron chi connectivity index (χ1n) is 7.90. The summed E-state index contributed by atoms with van der Waals surface area (Å²) >= 11 is 0. The quantitative estimate of drug-likeness (QED) is 0.841. The third-order valence-corrected chi connectivity index (χ3v) is 4.14. The molecule has 0 saturated heterocycles. The van der Waals surface area contributed by atoms with Crippen molar-refractivity contribution >= 4 is 5.91 Å². The van der Waals surface area contributed by atoms with Gasteiger partial charge in [-0.3, -0.25) is 4.79 Å². The number of halogens is 2. The standard InChI is InChI=1S/C19H21F2NO3/c1-11(13-4-7-15(25-3)8-5-13)19(24)22-12(2)18(23)14-6-9-16(20)17(21)10-14/h4-12,18,23H,1-3H3,(H,22,24). The molecule has 0 aliphatic rings. The minimum Gasteiger partial charge on any atom is -0.497 e. The van der Waals surface area contributed by atoms with Gasteiger partial charge in [0.1, 0.15) is 5.75 Å². The van der Waals surface area contributed by atoms with E-state index in [4.69, 9.17) is 4.74 Å². The van der Waals surface area contributed by atoms with Crippen LogP contribution in [-0.4, -0.2) is 24.2 Å². The lowest BCUT2D eigenvalue weighted by atomic mass is 9.98. The van der Waals surface area contributed by atoms with Crippen LogP contribution in [0.4, 0.5) is 8.78 Å². The molecule has 4 nitrogen and oxygen atoms in total. The van der Waals surface area contributed by atoms with Crippen LogP contribution in [0.3, 0.4) is 0 Å². The van der Waals surface area contributed by atoms with Gasteiger partial charge in [0, 0.05) is 0 Å². The molecule has 134 valence electrons. The summed E-state index contributed by atoms with van der Waals surface area (Å²) in [5.74, 6) is -2.05. The van der Waals surface area contributed by atoms with Crippen molar-refractivity contribution in [3.8, 4) is 5.75 Å². The Morgan fingerprint density at radius 1 is 1.04 bits per heavy atom. The Bertz CT molecular complexity index is 734. The summed E-state index contributed by atoms with van der Waals surface area (Å²) in [6.45, 7) is 3.35. The average Bonchev–Trinajstić information content (AvgIpc) is 2.62. The van der Waals surface area contributed by atoms with E-state index in [0.29, 0.717) is 5.75 Å². The van der Waals surface area contributed by atoms with Crippen molar-refractivity contribution in [3.05, 3.63) is 65.2 Å². The van der Waals surface area contributed by atoms with Gasteiger partial charge in [0.15, 0.2) is 11.6 Å². The van der Waals surface area contributed by atoms with E-state index in [0.717, 1.165) is 17.7 Å². The molecule has 0 bridgehead atoms. The first-order valence-corrected chi connectivity index (χ1v) is 7.90. The number of hydrogen-bond acceptors (Lipinski definition) is 3. The molecule has 0 spiro atoms. The number of methoxy groups -OCH3 is 1. The summed E-state index contributed by atoms with van der Waals surface area (Å²) in [5.41, 5.74) is 0.997. The number of rotatable bonds is 6. The zero-order chi connectivity index (χ0) is 18.6. The zero-order valence-electron chi connectivity index (χ0n) is 14.3. The smallest absolute Gasteiger partial charge is 0.227 e. The highest BCUT2D eigenvalue weighted by atomic mass is 19.2. The largest absolute Gasteiger partial charge is 0.497 e. The van der Waals surface area contributed by atoms with E-state index in [1.54, 1.807) is 45.2 Å². The summed E-state index contributed by atoms with van der Waals surface area (Å²) in [6, 6.07) is 9.60. The molecule has 0 radical (unpaired) electrons. The maximum absolute atomic E-state index is 13.3. The SMILES string of the molecule is COc1ccc(C(C)C(=O)NC(C)C(O)c2ccc(F)c(F)c2)cc1. The number of hydrogen-bond donors (Lipinski definition) is 2. The predicted molar refractivity (Wildman–Crippen MR) is 90.3 cm³/mol.